The fraction of sp³-hybridized carbons (Fsp3) is 0.188. The summed E-state index contributed by atoms with van der Waals surface area (Å²) < 4.78 is 18.1. The van der Waals surface area contributed by atoms with E-state index in [4.69, 9.17) is 10.5 Å². The Morgan fingerprint density at radius 2 is 1.90 bits per heavy atom. The molecule has 5 heteroatoms. The van der Waals surface area contributed by atoms with Gasteiger partial charge in [-0.25, -0.2) is 4.39 Å². The molecule has 0 bridgehead atoms. The quantitative estimate of drug-likeness (QED) is 0.880. The van der Waals surface area contributed by atoms with Crippen molar-refractivity contribution in [2.24, 2.45) is 0 Å². The summed E-state index contributed by atoms with van der Waals surface area (Å²) in [6, 6.07) is 10.7. The van der Waals surface area contributed by atoms with Gasteiger partial charge in [-0.2, -0.15) is 0 Å². The van der Waals surface area contributed by atoms with Crippen molar-refractivity contribution in [3.63, 3.8) is 0 Å². The molecule has 0 aliphatic carbocycles. The van der Waals surface area contributed by atoms with Gasteiger partial charge in [0.05, 0.1) is 12.7 Å². The molecule has 0 radical (unpaired) electrons. The summed E-state index contributed by atoms with van der Waals surface area (Å²) in [5.41, 5.74) is 7.23. The maximum absolute atomic E-state index is 13.0. The first-order valence-corrected chi connectivity index (χ1v) is 6.57. The normalized spacial score (nSPS) is 10.2. The predicted molar refractivity (Wildman–Crippen MR) is 81.2 cm³/mol. The van der Waals surface area contributed by atoms with Crippen LogP contribution in [0.3, 0.4) is 0 Å². The number of nitrogen functional groups attached to an aromatic ring is 1. The highest BCUT2D eigenvalue weighted by atomic mass is 19.1. The van der Waals surface area contributed by atoms with Gasteiger partial charge in [0.2, 0.25) is 0 Å². The van der Waals surface area contributed by atoms with Crippen LogP contribution in [0.1, 0.15) is 17.3 Å². The minimum absolute atomic E-state index is 0.250. The monoisotopic (exact) mass is 288 g/mol. The lowest BCUT2D eigenvalue weighted by Gasteiger charge is -2.22. The van der Waals surface area contributed by atoms with Crippen LogP contribution in [0.4, 0.5) is 15.8 Å². The summed E-state index contributed by atoms with van der Waals surface area (Å²) in [6.45, 7) is 2.29. The summed E-state index contributed by atoms with van der Waals surface area (Å²) in [5, 5.41) is 0. The van der Waals surface area contributed by atoms with Gasteiger partial charge in [0.15, 0.2) is 0 Å². The fourth-order valence-corrected chi connectivity index (χ4v) is 2.06. The number of benzene rings is 2. The van der Waals surface area contributed by atoms with Crippen molar-refractivity contribution in [3.05, 3.63) is 53.8 Å². The number of hydrogen-bond donors (Lipinski definition) is 1. The van der Waals surface area contributed by atoms with E-state index in [-0.39, 0.29) is 11.7 Å². The number of methoxy groups -OCH3 is 1. The standard InChI is InChI=1S/C16H17FN2O2/c1-3-19(12-6-4-11(17)5-7-12)16(20)14-10-13(21-2)8-9-15(14)18/h4-10H,3,18H2,1-2H3. The largest absolute Gasteiger partial charge is 0.497 e. The molecule has 1 amide bonds. The molecule has 4 nitrogen and oxygen atoms in total. The Labute approximate surface area is 122 Å². The maximum atomic E-state index is 13.0. The summed E-state index contributed by atoms with van der Waals surface area (Å²) >= 11 is 0. The molecule has 0 fully saturated rings. The van der Waals surface area contributed by atoms with Crippen LogP contribution < -0.4 is 15.4 Å². The molecule has 0 spiro atoms. The molecule has 2 aromatic rings. The Bertz CT molecular complexity index is 641. The molecule has 21 heavy (non-hydrogen) atoms. The number of hydrogen-bond acceptors (Lipinski definition) is 3. The Morgan fingerprint density at radius 3 is 2.48 bits per heavy atom. The van der Waals surface area contributed by atoms with Crippen LogP contribution in [0.2, 0.25) is 0 Å². The average Bonchev–Trinajstić information content (AvgIpc) is 2.50. The number of rotatable bonds is 4. The summed E-state index contributed by atoms with van der Waals surface area (Å²) in [7, 11) is 1.53. The Morgan fingerprint density at radius 1 is 1.24 bits per heavy atom. The SMILES string of the molecule is CCN(C(=O)c1cc(OC)ccc1N)c1ccc(F)cc1. The van der Waals surface area contributed by atoms with Crippen LogP contribution in [-0.4, -0.2) is 19.6 Å². The van der Waals surface area contributed by atoms with Gasteiger partial charge in [-0.1, -0.05) is 0 Å². The van der Waals surface area contributed by atoms with E-state index in [0.717, 1.165) is 0 Å². The van der Waals surface area contributed by atoms with E-state index in [2.05, 4.69) is 0 Å². The molecular weight excluding hydrogens is 271 g/mol. The molecule has 2 N–H and O–H groups in total. The van der Waals surface area contributed by atoms with Crippen LogP contribution in [0.5, 0.6) is 5.75 Å². The lowest BCUT2D eigenvalue weighted by molar-refractivity contribution is 0.0989. The summed E-state index contributed by atoms with van der Waals surface area (Å²) in [4.78, 5) is 14.2. The van der Waals surface area contributed by atoms with Gasteiger partial charge < -0.3 is 15.4 Å². The van der Waals surface area contributed by atoms with E-state index in [0.29, 0.717) is 29.2 Å². The van der Waals surface area contributed by atoms with Gasteiger partial charge in [0.25, 0.3) is 5.91 Å². The first kappa shape index (κ1) is 14.8. The van der Waals surface area contributed by atoms with Gasteiger partial charge in [-0.3, -0.25) is 4.79 Å². The average molecular weight is 288 g/mol. The second-order valence-electron chi connectivity index (χ2n) is 4.48. The van der Waals surface area contributed by atoms with Gasteiger partial charge in [0, 0.05) is 17.9 Å². The third-order valence-corrected chi connectivity index (χ3v) is 3.19. The van der Waals surface area contributed by atoms with Gasteiger partial charge in [-0.15, -0.1) is 0 Å². The van der Waals surface area contributed by atoms with Crippen LogP contribution in [0, 0.1) is 5.82 Å². The highest BCUT2D eigenvalue weighted by molar-refractivity contribution is 6.09. The first-order valence-electron chi connectivity index (χ1n) is 6.57. The van der Waals surface area contributed by atoms with Crippen molar-refractivity contribution in [2.75, 3.05) is 24.3 Å². The molecule has 2 aromatic carbocycles. The Hall–Kier alpha value is -2.56. The predicted octanol–water partition coefficient (Wildman–Crippen LogP) is 3.08. The Kier molecular flexibility index (Phi) is 4.42. The van der Waals surface area contributed by atoms with Crippen molar-refractivity contribution in [1.29, 1.82) is 0 Å². The topological polar surface area (TPSA) is 55.6 Å². The molecule has 2 rings (SSSR count). The van der Waals surface area contributed by atoms with Gasteiger partial charge in [-0.05, 0) is 49.4 Å². The van der Waals surface area contributed by atoms with E-state index < -0.39 is 0 Å². The second-order valence-corrected chi connectivity index (χ2v) is 4.48. The van der Waals surface area contributed by atoms with E-state index >= 15 is 0 Å². The van der Waals surface area contributed by atoms with Gasteiger partial charge >= 0.3 is 0 Å². The third kappa shape index (κ3) is 3.13. The summed E-state index contributed by atoms with van der Waals surface area (Å²) in [5.74, 6) is -0.0358. The number of carbonyl (C=O) groups is 1. The number of nitrogens with zero attached hydrogens (tertiary/aromatic N) is 1. The maximum Gasteiger partial charge on any atom is 0.260 e. The number of ether oxygens (including phenoxy) is 1. The number of amides is 1. The van der Waals surface area contributed by atoms with Crippen molar-refractivity contribution in [1.82, 2.24) is 0 Å². The van der Waals surface area contributed by atoms with Crippen molar-refractivity contribution < 1.29 is 13.9 Å². The van der Waals surface area contributed by atoms with Crippen molar-refractivity contribution in [2.45, 2.75) is 6.92 Å². The Balaban J connectivity index is 2.38. The van der Waals surface area contributed by atoms with E-state index in [9.17, 15) is 9.18 Å². The van der Waals surface area contributed by atoms with Crippen LogP contribution in [-0.2, 0) is 0 Å². The number of carbonyl (C=O) groups excluding carboxylic acids is 1. The molecule has 0 heterocycles. The van der Waals surface area contributed by atoms with Crippen LogP contribution in [0.25, 0.3) is 0 Å². The zero-order valence-corrected chi connectivity index (χ0v) is 12.0. The van der Waals surface area contributed by atoms with Crippen LogP contribution in [0.15, 0.2) is 42.5 Å². The number of halogens is 1. The molecule has 0 atom stereocenters. The minimum Gasteiger partial charge on any atom is -0.497 e. The van der Waals surface area contributed by atoms with Crippen molar-refractivity contribution in [3.8, 4) is 5.75 Å². The first-order chi connectivity index (χ1) is 10.1. The van der Waals surface area contributed by atoms with Crippen LogP contribution >= 0.6 is 0 Å². The molecule has 0 saturated carbocycles. The molecular formula is C16H17FN2O2. The molecule has 0 aromatic heterocycles. The highest BCUT2D eigenvalue weighted by Crippen LogP contribution is 2.24. The van der Waals surface area contributed by atoms with Gasteiger partial charge in [0.1, 0.15) is 11.6 Å². The second kappa shape index (κ2) is 6.26. The van der Waals surface area contributed by atoms with Crippen molar-refractivity contribution >= 4 is 17.3 Å². The zero-order chi connectivity index (χ0) is 15.4. The smallest absolute Gasteiger partial charge is 0.260 e. The van der Waals surface area contributed by atoms with E-state index in [1.807, 2.05) is 6.92 Å². The fourth-order valence-electron chi connectivity index (χ4n) is 2.06. The minimum atomic E-state index is -0.344. The summed E-state index contributed by atoms with van der Waals surface area (Å²) in [6.07, 6.45) is 0. The molecule has 0 saturated heterocycles. The molecule has 0 unspecified atom stereocenters. The van der Waals surface area contributed by atoms with E-state index in [1.54, 1.807) is 30.3 Å². The lowest BCUT2D eigenvalue weighted by atomic mass is 10.1. The number of nitrogens with two attached hydrogens (primary N) is 1. The third-order valence-electron chi connectivity index (χ3n) is 3.19. The molecule has 110 valence electrons. The highest BCUT2D eigenvalue weighted by Gasteiger charge is 2.19. The molecule has 0 aliphatic rings. The zero-order valence-electron chi connectivity index (χ0n) is 12.0. The number of anilines is 2. The van der Waals surface area contributed by atoms with E-state index in [1.165, 1.54) is 24.1 Å². The lowest BCUT2D eigenvalue weighted by Crippen LogP contribution is -2.31. The molecule has 0 aliphatic heterocycles.